The minimum absolute atomic E-state index is 0.0543. The number of H-pyrrole nitrogens is 1. The number of nitrogens with zero attached hydrogens (tertiary/aromatic N) is 6. The van der Waals surface area contributed by atoms with Crippen LogP contribution in [-0.2, 0) is 57.7 Å². The molecule has 0 aliphatic rings. The van der Waals surface area contributed by atoms with Crippen LogP contribution >= 0.6 is 0 Å². The van der Waals surface area contributed by atoms with Gasteiger partial charge in [-0.2, -0.15) is 4.98 Å². The van der Waals surface area contributed by atoms with Crippen molar-refractivity contribution >= 4 is 40.6 Å². The zero-order chi connectivity index (χ0) is 42.1. The second-order valence-electron chi connectivity index (χ2n) is 12.8. The third kappa shape index (κ3) is 17.8. The highest BCUT2D eigenvalue weighted by Crippen LogP contribution is 2.12. The van der Waals surface area contributed by atoms with Gasteiger partial charge >= 0.3 is 5.97 Å². The highest BCUT2D eigenvalue weighted by molar-refractivity contribution is 5.97. The first-order valence-corrected chi connectivity index (χ1v) is 19.2. The van der Waals surface area contributed by atoms with Crippen LogP contribution in [0.3, 0.4) is 0 Å². The number of hydrogen-bond donors (Lipinski definition) is 6. The van der Waals surface area contributed by atoms with Crippen LogP contribution in [0.25, 0.3) is 11.2 Å². The van der Waals surface area contributed by atoms with E-state index in [1.54, 1.807) is 16.8 Å². The molecule has 0 bridgehead atoms. The Morgan fingerprint density at radius 1 is 0.864 bits per heavy atom. The fourth-order valence-corrected chi connectivity index (χ4v) is 5.13. The van der Waals surface area contributed by atoms with Crippen molar-refractivity contribution in [2.24, 2.45) is 0 Å². The number of rotatable bonds is 31. The number of aryl methyl sites for hydroxylation is 1. The summed E-state index contributed by atoms with van der Waals surface area (Å²) in [6, 6.07) is 5.03. The molecular formula is C37H53N11O11. The van der Waals surface area contributed by atoms with E-state index in [0.29, 0.717) is 84.1 Å². The van der Waals surface area contributed by atoms with Gasteiger partial charge in [0, 0.05) is 30.8 Å². The number of hydrogen-bond acceptors (Lipinski definition) is 17. The Hall–Kier alpha value is -5.65. The van der Waals surface area contributed by atoms with Gasteiger partial charge in [0.25, 0.3) is 11.5 Å². The number of carboxylic acids is 1. The number of fused-ring (bicyclic) bond motifs is 1. The van der Waals surface area contributed by atoms with Gasteiger partial charge in [-0.3, -0.25) is 24.0 Å². The number of aromatic amines is 1. The number of benzene rings is 1. The molecule has 7 N–H and O–H groups in total. The van der Waals surface area contributed by atoms with Crippen LogP contribution in [0.15, 0.2) is 41.5 Å². The van der Waals surface area contributed by atoms with Gasteiger partial charge in [-0.1, -0.05) is 12.1 Å². The zero-order valence-electron chi connectivity index (χ0n) is 33.1. The van der Waals surface area contributed by atoms with Gasteiger partial charge in [-0.15, -0.1) is 5.10 Å². The van der Waals surface area contributed by atoms with Crippen molar-refractivity contribution in [3.8, 4) is 0 Å². The molecule has 2 amide bonds. The summed E-state index contributed by atoms with van der Waals surface area (Å²) in [5.74, 6) is -2.30. The minimum atomic E-state index is -1.27. The van der Waals surface area contributed by atoms with Gasteiger partial charge in [0.1, 0.15) is 11.7 Å². The number of nitrogen functional groups attached to an aromatic ring is 1. The third-order valence-electron chi connectivity index (χ3n) is 8.09. The predicted octanol–water partition coefficient (Wildman–Crippen LogP) is 0.288. The second kappa shape index (κ2) is 26.4. The van der Waals surface area contributed by atoms with E-state index in [0.717, 1.165) is 18.7 Å². The number of aromatic nitrogens is 7. The second-order valence-corrected chi connectivity index (χ2v) is 12.8. The maximum atomic E-state index is 12.8. The molecule has 22 heteroatoms. The highest BCUT2D eigenvalue weighted by atomic mass is 16.6. The van der Waals surface area contributed by atoms with Gasteiger partial charge in [0.2, 0.25) is 11.9 Å². The van der Waals surface area contributed by atoms with Gasteiger partial charge < -0.3 is 55.2 Å². The Morgan fingerprint density at radius 2 is 1.49 bits per heavy atom. The summed E-state index contributed by atoms with van der Waals surface area (Å²) in [4.78, 5) is 63.6. The Balaban J connectivity index is 0.938. The molecule has 3 aromatic heterocycles. The molecule has 3 heterocycles. The lowest BCUT2D eigenvalue weighted by molar-refractivity contribution is -0.139. The topological polar surface area (TPSA) is 291 Å². The smallest absolute Gasteiger partial charge is 0.326 e. The molecule has 322 valence electrons. The molecule has 22 nitrogen and oxygen atoms in total. The first-order chi connectivity index (χ1) is 28.7. The molecule has 0 radical (unpaired) electrons. The molecule has 4 aromatic rings. The van der Waals surface area contributed by atoms with E-state index in [9.17, 15) is 24.3 Å². The quantitative estimate of drug-likeness (QED) is 0.0372. The predicted molar refractivity (Wildman–Crippen MR) is 211 cm³/mol. The van der Waals surface area contributed by atoms with Gasteiger partial charge in [-0.25, -0.2) is 14.8 Å². The van der Waals surface area contributed by atoms with E-state index >= 15 is 0 Å². The molecule has 1 atom stereocenters. The van der Waals surface area contributed by atoms with Crippen LogP contribution in [0, 0.1) is 0 Å². The van der Waals surface area contributed by atoms with E-state index < -0.39 is 23.5 Å². The molecule has 0 fully saturated rings. The Bertz CT molecular complexity index is 1930. The number of carbonyl (C=O) groups is 3. The van der Waals surface area contributed by atoms with Gasteiger partial charge in [-0.05, 0) is 37.1 Å². The molecule has 0 aliphatic heterocycles. The summed E-state index contributed by atoms with van der Waals surface area (Å²) in [5, 5.41) is 25.9. The Kier molecular flexibility index (Phi) is 20.6. The normalized spacial score (nSPS) is 11.7. The molecule has 0 aliphatic carbocycles. The van der Waals surface area contributed by atoms with Crippen molar-refractivity contribution in [3.63, 3.8) is 0 Å². The van der Waals surface area contributed by atoms with Crippen LogP contribution in [-0.4, -0.2) is 143 Å². The molecule has 59 heavy (non-hydrogen) atoms. The lowest BCUT2D eigenvalue weighted by Gasteiger charge is -2.15. The summed E-state index contributed by atoms with van der Waals surface area (Å²) in [7, 11) is 0. The average molecular weight is 828 g/mol. The third-order valence-corrected chi connectivity index (χ3v) is 8.09. The lowest BCUT2D eigenvalue weighted by atomic mass is 10.1. The van der Waals surface area contributed by atoms with E-state index in [-0.39, 0.29) is 61.1 Å². The van der Waals surface area contributed by atoms with E-state index in [1.165, 1.54) is 18.3 Å². The number of carbonyl (C=O) groups excluding carboxylic acids is 2. The summed E-state index contributed by atoms with van der Waals surface area (Å²) in [6.45, 7) is 8.21. The van der Waals surface area contributed by atoms with Gasteiger partial charge in [0.15, 0.2) is 11.2 Å². The molecular weight excluding hydrogens is 774 g/mol. The monoisotopic (exact) mass is 827 g/mol. The number of nitrogens with one attached hydrogen (secondary N) is 4. The van der Waals surface area contributed by atoms with Crippen molar-refractivity contribution < 1.29 is 47.9 Å². The molecule has 0 unspecified atom stereocenters. The average Bonchev–Trinajstić information content (AvgIpc) is 3.68. The highest BCUT2D eigenvalue weighted by Gasteiger charge is 2.22. The zero-order valence-corrected chi connectivity index (χ0v) is 33.1. The van der Waals surface area contributed by atoms with Gasteiger partial charge in [0.05, 0.1) is 104 Å². The molecule has 0 spiro atoms. The summed E-state index contributed by atoms with van der Waals surface area (Å²) >= 11 is 0. The van der Waals surface area contributed by atoms with Crippen molar-refractivity contribution in [1.82, 2.24) is 45.6 Å². The van der Waals surface area contributed by atoms with Crippen LogP contribution in [0.5, 0.6) is 0 Å². The molecule has 1 aromatic carbocycles. The van der Waals surface area contributed by atoms with Crippen molar-refractivity contribution in [1.29, 1.82) is 0 Å². The van der Waals surface area contributed by atoms with Crippen LogP contribution < -0.4 is 27.2 Å². The molecule has 0 saturated carbocycles. The van der Waals surface area contributed by atoms with E-state index in [2.05, 4.69) is 53.1 Å². The van der Waals surface area contributed by atoms with E-state index in [4.69, 9.17) is 34.2 Å². The Morgan fingerprint density at radius 3 is 2.12 bits per heavy atom. The molecule has 4 rings (SSSR count). The number of carboxylic acid groups (broad SMARTS) is 1. The fraction of sp³-hybridized carbons (Fsp3) is 0.541. The summed E-state index contributed by atoms with van der Waals surface area (Å²) in [6.07, 6.45) is 4.12. The first kappa shape index (κ1) is 46.0. The van der Waals surface area contributed by atoms with Crippen LogP contribution in [0.4, 0.5) is 11.6 Å². The molecule has 0 saturated heterocycles. The lowest BCUT2D eigenvalue weighted by Crippen LogP contribution is -2.41. The first-order valence-electron chi connectivity index (χ1n) is 19.2. The largest absolute Gasteiger partial charge is 0.480 e. The van der Waals surface area contributed by atoms with Crippen LogP contribution in [0.1, 0.15) is 47.9 Å². The summed E-state index contributed by atoms with van der Waals surface area (Å²) in [5.41, 5.74) is 7.34. The summed E-state index contributed by atoms with van der Waals surface area (Å²) < 4.78 is 34.7. The number of amides is 2. The maximum Gasteiger partial charge on any atom is 0.326 e. The standard InChI is InChI=1S/C37H53N11O11/c1-2-10-48-24-29(46-47-48)25-59-21-20-58-19-18-57-17-16-56-15-14-55-13-12-54-11-9-39-31(49)8-7-30(36(52)53)43-34(50)26-3-5-27(6-4-26)40-22-28-23-41-33-32(42-28)35(51)45-37(38)44-33/h3-6,23-24,30,40H,2,7-22,25H2,1H3,(H,39,49)(H,43,50)(H,52,53)(H3,38,41,44,45,51)/t30-/m0/s1. The number of anilines is 2. The number of ether oxygens (including phenoxy) is 6. The van der Waals surface area contributed by atoms with Crippen molar-refractivity contribution in [3.05, 3.63) is 64.0 Å². The van der Waals surface area contributed by atoms with Crippen LogP contribution in [0.2, 0.25) is 0 Å². The SMILES string of the molecule is CCCn1cc(COCCOCCOCCOCCOCCOCCNC(=O)CC[C@H](NC(=O)c2ccc(NCc3cnc4nc(N)[nH]c(=O)c4n3)cc2)C(=O)O)nn1. The Labute approximate surface area is 339 Å². The maximum absolute atomic E-state index is 12.8. The number of nitrogens with two attached hydrogens (primary N) is 1. The minimum Gasteiger partial charge on any atom is -0.480 e. The van der Waals surface area contributed by atoms with Crippen molar-refractivity contribution in [2.75, 3.05) is 90.3 Å². The number of aliphatic carboxylic acids is 1. The van der Waals surface area contributed by atoms with Crippen molar-refractivity contribution in [2.45, 2.75) is 51.9 Å². The van der Waals surface area contributed by atoms with E-state index in [1.807, 2.05) is 6.20 Å². The fourth-order valence-electron chi connectivity index (χ4n) is 5.13.